The molecule has 0 bridgehead atoms. The van der Waals surface area contributed by atoms with Gasteiger partial charge in [-0.05, 0) is 58.7 Å². The Bertz CT molecular complexity index is 467. The summed E-state index contributed by atoms with van der Waals surface area (Å²) in [4.78, 5) is 15.7. The molecule has 20 heavy (non-hydrogen) atoms. The van der Waals surface area contributed by atoms with Crippen LogP contribution in [0.3, 0.4) is 0 Å². The zero-order valence-electron chi connectivity index (χ0n) is 13.0. The van der Waals surface area contributed by atoms with Crippen molar-refractivity contribution in [3.05, 3.63) is 35.2 Å². The Kier molecular flexibility index (Phi) is 5.74. The van der Waals surface area contributed by atoms with E-state index in [9.17, 15) is 4.79 Å². The highest BCUT2D eigenvalue weighted by Gasteiger charge is 2.15. The second-order valence-electron chi connectivity index (χ2n) is 5.80. The molecule has 0 radical (unpaired) electrons. The molecule has 0 spiro atoms. The average Bonchev–Trinajstić information content (AvgIpc) is 2.24. The van der Waals surface area contributed by atoms with Gasteiger partial charge in [0.1, 0.15) is 5.60 Å². The normalized spacial score (nSPS) is 11.7. The fourth-order valence-electron chi connectivity index (χ4n) is 1.75. The van der Waals surface area contributed by atoms with Crippen LogP contribution in [0.4, 0.5) is 4.79 Å². The first kappa shape index (κ1) is 16.2. The fourth-order valence-corrected chi connectivity index (χ4v) is 1.75. The first-order chi connectivity index (χ1) is 9.26. The molecule has 0 saturated carbocycles. The van der Waals surface area contributed by atoms with Crippen LogP contribution in [0.25, 0.3) is 6.08 Å². The van der Waals surface area contributed by atoms with Crippen LogP contribution in [0.2, 0.25) is 0 Å². The second kappa shape index (κ2) is 7.08. The van der Waals surface area contributed by atoms with E-state index in [-0.39, 0.29) is 6.09 Å². The van der Waals surface area contributed by atoms with E-state index in [2.05, 4.69) is 10.3 Å². The molecule has 1 amide bonds. The quantitative estimate of drug-likeness (QED) is 0.854. The number of amides is 1. The zero-order valence-corrected chi connectivity index (χ0v) is 13.0. The summed E-state index contributed by atoms with van der Waals surface area (Å²) in [7, 11) is 0. The number of carbonyl (C=O) groups is 1. The van der Waals surface area contributed by atoms with Gasteiger partial charge in [0.05, 0.1) is 0 Å². The van der Waals surface area contributed by atoms with E-state index in [0.29, 0.717) is 6.54 Å². The van der Waals surface area contributed by atoms with Crippen molar-refractivity contribution in [2.75, 3.05) is 6.54 Å². The van der Waals surface area contributed by atoms with Gasteiger partial charge < -0.3 is 10.1 Å². The maximum Gasteiger partial charge on any atom is 0.407 e. The molecule has 0 saturated heterocycles. The summed E-state index contributed by atoms with van der Waals surface area (Å²) in [6.07, 6.45) is 4.46. The van der Waals surface area contributed by atoms with E-state index in [1.54, 1.807) is 0 Å². The Labute approximate surface area is 121 Å². The summed E-state index contributed by atoms with van der Waals surface area (Å²) >= 11 is 0. The van der Waals surface area contributed by atoms with Gasteiger partial charge in [0.2, 0.25) is 0 Å². The topological polar surface area (TPSA) is 51.2 Å². The van der Waals surface area contributed by atoms with Gasteiger partial charge in [-0.1, -0.05) is 12.2 Å². The molecule has 1 N–H and O–H groups in total. The van der Waals surface area contributed by atoms with Crippen molar-refractivity contribution < 1.29 is 9.53 Å². The Morgan fingerprint density at radius 3 is 2.45 bits per heavy atom. The largest absolute Gasteiger partial charge is 0.444 e. The number of hydrogen-bond donors (Lipinski definition) is 1. The summed E-state index contributed by atoms with van der Waals surface area (Å²) in [6.45, 7) is 10.1. The van der Waals surface area contributed by atoms with Gasteiger partial charge in [-0.25, -0.2) is 4.79 Å². The SMILES string of the molecule is Cc1cc(C=CCCNC(=O)OC(C)(C)C)cc(C)n1. The third-order valence-electron chi connectivity index (χ3n) is 2.39. The number of ether oxygens (including phenoxy) is 1. The van der Waals surface area contributed by atoms with Gasteiger partial charge >= 0.3 is 6.09 Å². The molecule has 4 nitrogen and oxygen atoms in total. The lowest BCUT2D eigenvalue weighted by Crippen LogP contribution is -2.32. The minimum absolute atomic E-state index is 0.374. The lowest BCUT2D eigenvalue weighted by Gasteiger charge is -2.19. The number of carbonyl (C=O) groups excluding carboxylic acids is 1. The third kappa shape index (κ3) is 6.92. The summed E-state index contributed by atoms with van der Waals surface area (Å²) < 4.78 is 5.15. The summed E-state index contributed by atoms with van der Waals surface area (Å²) in [5, 5.41) is 2.72. The summed E-state index contributed by atoms with van der Waals surface area (Å²) in [5.74, 6) is 0. The molecule has 0 atom stereocenters. The molecule has 1 rings (SSSR count). The van der Waals surface area contributed by atoms with E-state index in [4.69, 9.17) is 4.74 Å². The van der Waals surface area contributed by atoms with Crippen LogP contribution < -0.4 is 5.32 Å². The van der Waals surface area contributed by atoms with Crippen LogP contribution in [-0.2, 0) is 4.74 Å². The van der Waals surface area contributed by atoms with Crippen LogP contribution in [-0.4, -0.2) is 23.2 Å². The van der Waals surface area contributed by atoms with E-state index in [1.807, 2.05) is 58.9 Å². The molecular weight excluding hydrogens is 252 g/mol. The number of pyridine rings is 1. The summed E-state index contributed by atoms with van der Waals surface area (Å²) in [6, 6.07) is 4.07. The highest BCUT2D eigenvalue weighted by atomic mass is 16.6. The molecular formula is C16H24N2O2. The van der Waals surface area contributed by atoms with Crippen LogP contribution in [0.5, 0.6) is 0 Å². The molecule has 0 aliphatic carbocycles. The van der Waals surface area contributed by atoms with Crippen LogP contribution >= 0.6 is 0 Å². The lowest BCUT2D eigenvalue weighted by atomic mass is 10.2. The highest BCUT2D eigenvalue weighted by Crippen LogP contribution is 2.08. The Balaban J connectivity index is 2.34. The molecule has 1 aromatic rings. The van der Waals surface area contributed by atoms with Crippen molar-refractivity contribution in [3.63, 3.8) is 0 Å². The van der Waals surface area contributed by atoms with Gasteiger partial charge in [-0.15, -0.1) is 0 Å². The number of alkyl carbamates (subject to hydrolysis) is 1. The maximum atomic E-state index is 11.4. The van der Waals surface area contributed by atoms with Crippen molar-refractivity contribution in [3.8, 4) is 0 Å². The number of nitrogens with zero attached hydrogens (tertiary/aromatic N) is 1. The van der Waals surface area contributed by atoms with Gasteiger partial charge in [0, 0.05) is 17.9 Å². The van der Waals surface area contributed by atoms with Gasteiger partial charge in [0.25, 0.3) is 0 Å². The molecule has 0 aliphatic rings. The Morgan fingerprint density at radius 2 is 1.90 bits per heavy atom. The highest BCUT2D eigenvalue weighted by molar-refractivity contribution is 5.67. The minimum Gasteiger partial charge on any atom is -0.444 e. The monoisotopic (exact) mass is 276 g/mol. The smallest absolute Gasteiger partial charge is 0.407 e. The third-order valence-corrected chi connectivity index (χ3v) is 2.39. The molecule has 1 aromatic heterocycles. The molecule has 0 fully saturated rings. The molecule has 0 aliphatic heterocycles. The number of aromatic nitrogens is 1. The predicted molar refractivity (Wildman–Crippen MR) is 81.6 cm³/mol. The lowest BCUT2D eigenvalue weighted by molar-refractivity contribution is 0.0529. The maximum absolute atomic E-state index is 11.4. The number of nitrogens with one attached hydrogen (secondary N) is 1. The molecule has 0 aromatic carbocycles. The average molecular weight is 276 g/mol. The van der Waals surface area contributed by atoms with Crippen LogP contribution in [0.15, 0.2) is 18.2 Å². The predicted octanol–water partition coefficient (Wildman–Crippen LogP) is 3.63. The van der Waals surface area contributed by atoms with Crippen LogP contribution in [0.1, 0.15) is 44.1 Å². The Hall–Kier alpha value is -1.84. The minimum atomic E-state index is -0.452. The van der Waals surface area contributed by atoms with Gasteiger partial charge in [-0.3, -0.25) is 4.98 Å². The summed E-state index contributed by atoms with van der Waals surface area (Å²) in [5.41, 5.74) is 2.70. The molecule has 0 unspecified atom stereocenters. The second-order valence-corrected chi connectivity index (χ2v) is 5.80. The van der Waals surface area contributed by atoms with E-state index < -0.39 is 5.60 Å². The zero-order chi connectivity index (χ0) is 15.2. The van der Waals surface area contributed by atoms with Crippen LogP contribution in [0, 0.1) is 13.8 Å². The van der Waals surface area contributed by atoms with Crippen molar-refractivity contribution in [1.82, 2.24) is 10.3 Å². The van der Waals surface area contributed by atoms with Crippen molar-refractivity contribution in [2.24, 2.45) is 0 Å². The van der Waals surface area contributed by atoms with E-state index in [0.717, 1.165) is 23.4 Å². The van der Waals surface area contributed by atoms with Crippen molar-refractivity contribution in [1.29, 1.82) is 0 Å². The van der Waals surface area contributed by atoms with Gasteiger partial charge in [0.15, 0.2) is 0 Å². The van der Waals surface area contributed by atoms with Crippen molar-refractivity contribution >= 4 is 12.2 Å². The van der Waals surface area contributed by atoms with Gasteiger partial charge in [-0.2, -0.15) is 0 Å². The standard InChI is InChI=1S/C16H24N2O2/c1-12-10-14(11-13(2)18-12)8-6-7-9-17-15(19)20-16(3,4)5/h6,8,10-11H,7,9H2,1-5H3,(H,17,19). The Morgan fingerprint density at radius 1 is 1.30 bits per heavy atom. The fraction of sp³-hybridized carbons (Fsp3) is 0.500. The first-order valence-corrected chi connectivity index (χ1v) is 6.85. The number of rotatable bonds is 4. The first-order valence-electron chi connectivity index (χ1n) is 6.85. The number of hydrogen-bond acceptors (Lipinski definition) is 3. The molecule has 110 valence electrons. The van der Waals surface area contributed by atoms with Crippen molar-refractivity contribution in [2.45, 2.75) is 46.6 Å². The molecule has 4 heteroatoms. The number of aryl methyl sites for hydroxylation is 2. The van der Waals surface area contributed by atoms with E-state index in [1.165, 1.54) is 0 Å². The van der Waals surface area contributed by atoms with E-state index >= 15 is 0 Å². The molecule has 1 heterocycles.